The summed E-state index contributed by atoms with van der Waals surface area (Å²) in [7, 11) is 0. The molecule has 7 nitrogen and oxygen atoms in total. The standard InChI is InChI=1S/C23H30N6O/c30-21-5-4-8-23(27-21)17-28(16-20(23)19-6-9-24-10-7-19)15-18-13-25-22(26-14-18)29-11-2-1-3-12-29/h6-7,9-10,13-14,20H,1-5,8,11-12,15-17H2,(H,27,30)/t20-,23+/m0/s1. The predicted molar refractivity (Wildman–Crippen MR) is 115 cm³/mol. The Kier molecular flexibility index (Phi) is 5.37. The quantitative estimate of drug-likeness (QED) is 0.841. The molecule has 3 aliphatic rings. The van der Waals surface area contributed by atoms with E-state index in [2.05, 4.69) is 42.2 Å². The third-order valence-electron chi connectivity index (χ3n) is 6.87. The molecule has 3 fully saturated rings. The molecule has 3 saturated heterocycles. The van der Waals surface area contributed by atoms with Crippen molar-refractivity contribution in [2.45, 2.75) is 56.5 Å². The number of anilines is 1. The number of carbonyl (C=O) groups excluding carboxylic acids is 1. The van der Waals surface area contributed by atoms with E-state index >= 15 is 0 Å². The molecule has 1 N–H and O–H groups in total. The molecule has 0 aliphatic carbocycles. The van der Waals surface area contributed by atoms with E-state index in [9.17, 15) is 4.79 Å². The fourth-order valence-corrected chi connectivity index (χ4v) is 5.44. The number of nitrogens with zero attached hydrogens (tertiary/aromatic N) is 5. The highest BCUT2D eigenvalue weighted by molar-refractivity contribution is 5.78. The lowest BCUT2D eigenvalue weighted by Gasteiger charge is -2.39. The van der Waals surface area contributed by atoms with Crippen LogP contribution in [-0.4, -0.2) is 57.5 Å². The molecule has 0 radical (unpaired) electrons. The van der Waals surface area contributed by atoms with Gasteiger partial charge in [-0.2, -0.15) is 0 Å². The molecule has 1 amide bonds. The van der Waals surface area contributed by atoms with Gasteiger partial charge in [0.25, 0.3) is 0 Å². The van der Waals surface area contributed by atoms with Crippen molar-refractivity contribution < 1.29 is 4.79 Å². The summed E-state index contributed by atoms with van der Waals surface area (Å²) in [6.07, 6.45) is 14.0. The largest absolute Gasteiger partial charge is 0.349 e. The second-order valence-electron chi connectivity index (χ2n) is 9.00. The van der Waals surface area contributed by atoms with Crippen molar-refractivity contribution in [2.75, 3.05) is 31.1 Å². The lowest BCUT2D eigenvalue weighted by molar-refractivity contribution is -0.125. The summed E-state index contributed by atoms with van der Waals surface area (Å²) >= 11 is 0. The molecule has 0 unspecified atom stereocenters. The van der Waals surface area contributed by atoms with E-state index in [0.717, 1.165) is 57.1 Å². The molecule has 2 aromatic heterocycles. The van der Waals surface area contributed by atoms with Crippen LogP contribution in [0.15, 0.2) is 36.9 Å². The highest BCUT2D eigenvalue weighted by Crippen LogP contribution is 2.41. The Morgan fingerprint density at radius 3 is 2.57 bits per heavy atom. The molecule has 0 aromatic carbocycles. The fraction of sp³-hybridized carbons (Fsp3) is 0.565. The first-order valence-electron chi connectivity index (χ1n) is 11.2. The monoisotopic (exact) mass is 406 g/mol. The Balaban J connectivity index is 1.32. The highest BCUT2D eigenvalue weighted by Gasteiger charge is 2.49. The van der Waals surface area contributed by atoms with Crippen molar-refractivity contribution in [3.8, 4) is 0 Å². The molecule has 5 heterocycles. The van der Waals surface area contributed by atoms with Crippen LogP contribution < -0.4 is 10.2 Å². The average molecular weight is 407 g/mol. The average Bonchev–Trinajstić information content (AvgIpc) is 3.12. The molecule has 7 heteroatoms. The van der Waals surface area contributed by atoms with Crippen LogP contribution in [0, 0.1) is 0 Å². The van der Waals surface area contributed by atoms with Crippen molar-refractivity contribution in [2.24, 2.45) is 0 Å². The van der Waals surface area contributed by atoms with Crippen LogP contribution >= 0.6 is 0 Å². The highest BCUT2D eigenvalue weighted by atomic mass is 16.1. The smallest absolute Gasteiger partial charge is 0.225 e. The Morgan fingerprint density at radius 1 is 1.07 bits per heavy atom. The maximum absolute atomic E-state index is 12.3. The van der Waals surface area contributed by atoms with E-state index in [1.807, 2.05) is 24.8 Å². The first-order chi connectivity index (χ1) is 14.7. The third-order valence-corrected chi connectivity index (χ3v) is 6.87. The number of amides is 1. The Hall–Kier alpha value is -2.54. The maximum Gasteiger partial charge on any atom is 0.225 e. The van der Waals surface area contributed by atoms with E-state index in [-0.39, 0.29) is 17.4 Å². The molecular formula is C23H30N6O. The number of aromatic nitrogens is 3. The summed E-state index contributed by atoms with van der Waals surface area (Å²) in [5.41, 5.74) is 2.19. The number of likely N-dealkylation sites (tertiary alicyclic amines) is 1. The van der Waals surface area contributed by atoms with Gasteiger partial charge in [0, 0.05) is 75.4 Å². The zero-order valence-electron chi connectivity index (χ0n) is 17.5. The molecular weight excluding hydrogens is 376 g/mol. The molecule has 3 aliphatic heterocycles. The molecule has 1 spiro atoms. The van der Waals surface area contributed by atoms with E-state index in [0.29, 0.717) is 6.42 Å². The molecule has 0 bridgehead atoms. The topological polar surface area (TPSA) is 74.2 Å². The second kappa shape index (κ2) is 8.30. The first kappa shape index (κ1) is 19.4. The lowest BCUT2D eigenvalue weighted by atomic mass is 9.77. The van der Waals surface area contributed by atoms with Crippen LogP contribution in [0.2, 0.25) is 0 Å². The number of piperidine rings is 2. The van der Waals surface area contributed by atoms with Gasteiger partial charge in [-0.3, -0.25) is 14.7 Å². The van der Waals surface area contributed by atoms with Crippen molar-refractivity contribution >= 4 is 11.9 Å². The Morgan fingerprint density at radius 2 is 1.83 bits per heavy atom. The molecule has 5 rings (SSSR count). The Labute approximate surface area is 177 Å². The minimum Gasteiger partial charge on any atom is -0.349 e. The van der Waals surface area contributed by atoms with Gasteiger partial charge in [0.2, 0.25) is 11.9 Å². The van der Waals surface area contributed by atoms with Crippen LogP contribution in [0.1, 0.15) is 55.6 Å². The first-order valence-corrected chi connectivity index (χ1v) is 11.2. The van der Waals surface area contributed by atoms with E-state index < -0.39 is 0 Å². The SMILES string of the molecule is O=C1CCC[C@]2(CN(Cc3cnc(N4CCCCC4)nc3)C[C@H]2c2ccncc2)N1. The minimum atomic E-state index is -0.189. The summed E-state index contributed by atoms with van der Waals surface area (Å²) in [4.78, 5) is 30.5. The van der Waals surface area contributed by atoms with Crippen LogP contribution in [0.4, 0.5) is 5.95 Å². The number of hydrogen-bond acceptors (Lipinski definition) is 6. The van der Waals surface area contributed by atoms with Gasteiger partial charge >= 0.3 is 0 Å². The van der Waals surface area contributed by atoms with Gasteiger partial charge in [-0.1, -0.05) is 0 Å². The van der Waals surface area contributed by atoms with Gasteiger partial charge in [0.05, 0.1) is 5.54 Å². The molecule has 2 aromatic rings. The Bertz CT molecular complexity index is 867. The number of carbonyl (C=O) groups is 1. The van der Waals surface area contributed by atoms with Crippen molar-refractivity contribution in [3.63, 3.8) is 0 Å². The zero-order valence-corrected chi connectivity index (χ0v) is 17.5. The molecule has 2 atom stereocenters. The molecule has 158 valence electrons. The van der Waals surface area contributed by atoms with E-state index in [1.54, 1.807) is 0 Å². The second-order valence-corrected chi connectivity index (χ2v) is 9.00. The van der Waals surface area contributed by atoms with Crippen LogP contribution in [0.5, 0.6) is 0 Å². The number of hydrogen-bond donors (Lipinski definition) is 1. The number of pyridine rings is 1. The van der Waals surface area contributed by atoms with Gasteiger partial charge in [-0.15, -0.1) is 0 Å². The van der Waals surface area contributed by atoms with Crippen LogP contribution in [0.3, 0.4) is 0 Å². The van der Waals surface area contributed by atoms with Gasteiger partial charge in [0.15, 0.2) is 0 Å². The summed E-state index contributed by atoms with van der Waals surface area (Å²) in [6.45, 7) is 4.69. The van der Waals surface area contributed by atoms with Crippen LogP contribution in [-0.2, 0) is 11.3 Å². The van der Waals surface area contributed by atoms with Crippen molar-refractivity contribution in [1.29, 1.82) is 0 Å². The van der Waals surface area contributed by atoms with Gasteiger partial charge in [-0.25, -0.2) is 9.97 Å². The molecule has 0 saturated carbocycles. The van der Waals surface area contributed by atoms with Crippen molar-refractivity contribution in [1.82, 2.24) is 25.2 Å². The predicted octanol–water partition coefficient (Wildman–Crippen LogP) is 2.50. The van der Waals surface area contributed by atoms with E-state index in [1.165, 1.54) is 24.8 Å². The minimum absolute atomic E-state index is 0.177. The maximum atomic E-state index is 12.3. The summed E-state index contributed by atoms with van der Waals surface area (Å²) in [6, 6.07) is 4.18. The van der Waals surface area contributed by atoms with Crippen molar-refractivity contribution in [3.05, 3.63) is 48.0 Å². The van der Waals surface area contributed by atoms with Gasteiger partial charge < -0.3 is 10.2 Å². The normalized spacial score (nSPS) is 27.4. The van der Waals surface area contributed by atoms with Gasteiger partial charge in [0.1, 0.15) is 0 Å². The van der Waals surface area contributed by atoms with Crippen LogP contribution in [0.25, 0.3) is 0 Å². The fourth-order valence-electron chi connectivity index (χ4n) is 5.44. The molecule has 30 heavy (non-hydrogen) atoms. The summed E-state index contributed by atoms with van der Waals surface area (Å²) in [5, 5.41) is 3.37. The lowest BCUT2D eigenvalue weighted by Crippen LogP contribution is -2.56. The third kappa shape index (κ3) is 3.90. The van der Waals surface area contributed by atoms with E-state index in [4.69, 9.17) is 0 Å². The number of nitrogens with one attached hydrogen (secondary N) is 1. The number of rotatable bonds is 4. The van der Waals surface area contributed by atoms with Gasteiger partial charge in [-0.05, 0) is 49.8 Å². The summed E-state index contributed by atoms with van der Waals surface area (Å²) < 4.78 is 0. The zero-order chi connectivity index (χ0) is 20.4. The summed E-state index contributed by atoms with van der Waals surface area (Å²) in [5.74, 6) is 1.31.